The van der Waals surface area contributed by atoms with E-state index >= 15 is 0 Å². The highest BCUT2D eigenvalue weighted by atomic mass is 16.7. The second kappa shape index (κ2) is 7.34. The van der Waals surface area contributed by atoms with Crippen LogP contribution in [0.25, 0.3) is 0 Å². The highest BCUT2D eigenvalue weighted by molar-refractivity contribution is 5.70. The Bertz CT molecular complexity index is 700. The summed E-state index contributed by atoms with van der Waals surface area (Å²) in [4.78, 5) is 34.8. The summed E-state index contributed by atoms with van der Waals surface area (Å²) >= 11 is 0. The van der Waals surface area contributed by atoms with Gasteiger partial charge in [0.1, 0.15) is 12.2 Å². The van der Waals surface area contributed by atoms with Crippen LogP contribution in [0.5, 0.6) is 0 Å². The highest BCUT2D eigenvalue weighted by Gasteiger charge is 2.67. The third-order valence-electron chi connectivity index (χ3n) is 4.69. The second-order valence-corrected chi connectivity index (χ2v) is 7.39. The average Bonchev–Trinajstić information content (AvgIpc) is 3.26. The van der Waals surface area contributed by atoms with E-state index in [1.807, 2.05) is 13.8 Å². The number of hydrogen-bond acceptors (Lipinski definition) is 8. The van der Waals surface area contributed by atoms with Crippen molar-refractivity contribution in [3.8, 4) is 0 Å². The molecule has 8 nitrogen and oxygen atoms in total. The molecule has 0 bridgehead atoms. The largest absolute Gasteiger partial charge is 0.461 e. The Morgan fingerprint density at radius 3 is 2.48 bits per heavy atom. The summed E-state index contributed by atoms with van der Waals surface area (Å²) < 4.78 is 27.4. The van der Waals surface area contributed by atoms with Crippen LogP contribution in [-0.2, 0) is 38.1 Å². The van der Waals surface area contributed by atoms with Crippen LogP contribution in [0.4, 0.5) is 0 Å². The number of carbonyl (C=O) groups excluding carboxylic acids is 3. The molecule has 4 unspecified atom stereocenters. The summed E-state index contributed by atoms with van der Waals surface area (Å²) in [5, 5.41) is 0. The molecule has 0 N–H and O–H groups in total. The van der Waals surface area contributed by atoms with Gasteiger partial charge in [0.25, 0.3) is 6.29 Å². The molecule has 1 saturated heterocycles. The minimum atomic E-state index is -0.897. The first-order chi connectivity index (χ1) is 12.7. The molecule has 4 atom stereocenters. The van der Waals surface area contributed by atoms with Crippen molar-refractivity contribution in [3.63, 3.8) is 0 Å². The first kappa shape index (κ1) is 19.4. The maximum Gasteiger partial charge on any atom is 0.309 e. The first-order valence-electron chi connectivity index (χ1n) is 8.93. The Kier molecular flexibility index (Phi) is 5.28. The van der Waals surface area contributed by atoms with Crippen LogP contribution in [0, 0.1) is 11.8 Å². The summed E-state index contributed by atoms with van der Waals surface area (Å²) in [7, 11) is 0. The van der Waals surface area contributed by atoms with Crippen molar-refractivity contribution in [2.24, 2.45) is 11.8 Å². The lowest BCUT2D eigenvalue weighted by molar-refractivity contribution is -0.186. The number of rotatable bonds is 6. The number of ether oxygens (including phenoxy) is 5. The molecule has 0 radical (unpaired) electrons. The molecule has 148 valence electrons. The zero-order valence-electron chi connectivity index (χ0n) is 15.9. The van der Waals surface area contributed by atoms with Crippen molar-refractivity contribution >= 4 is 17.9 Å². The minimum absolute atomic E-state index is 0.00714. The van der Waals surface area contributed by atoms with E-state index in [1.165, 1.54) is 20.1 Å². The zero-order valence-corrected chi connectivity index (χ0v) is 15.9. The highest BCUT2D eigenvalue weighted by Crippen LogP contribution is 2.54. The van der Waals surface area contributed by atoms with E-state index in [0.717, 1.165) is 5.57 Å². The fraction of sp³-hybridized carbons (Fsp3) is 0.632. The van der Waals surface area contributed by atoms with Gasteiger partial charge < -0.3 is 23.7 Å². The van der Waals surface area contributed by atoms with E-state index in [9.17, 15) is 14.4 Å². The van der Waals surface area contributed by atoms with Crippen molar-refractivity contribution in [3.05, 3.63) is 23.5 Å². The number of hydrogen-bond donors (Lipinski definition) is 0. The molecule has 3 rings (SSSR count). The van der Waals surface area contributed by atoms with Gasteiger partial charge in [-0.05, 0) is 17.6 Å². The molecular formula is C19H24O8. The third-order valence-corrected chi connectivity index (χ3v) is 4.69. The Balaban J connectivity index is 1.85. The minimum Gasteiger partial charge on any atom is -0.461 e. The fourth-order valence-corrected chi connectivity index (χ4v) is 3.47. The quantitative estimate of drug-likeness (QED) is 0.389. The molecule has 3 aliphatic rings. The van der Waals surface area contributed by atoms with Gasteiger partial charge in [-0.3, -0.25) is 14.4 Å². The molecule has 0 amide bonds. The van der Waals surface area contributed by atoms with Gasteiger partial charge in [-0.1, -0.05) is 13.8 Å². The van der Waals surface area contributed by atoms with Gasteiger partial charge in [0, 0.05) is 25.8 Å². The molecule has 0 aromatic rings. The molecule has 2 heterocycles. The average molecular weight is 380 g/mol. The lowest BCUT2D eigenvalue weighted by Gasteiger charge is -2.33. The van der Waals surface area contributed by atoms with Crippen LogP contribution in [0.15, 0.2) is 23.5 Å². The molecule has 8 heteroatoms. The summed E-state index contributed by atoms with van der Waals surface area (Å²) in [6.45, 7) is 6.83. The van der Waals surface area contributed by atoms with Crippen molar-refractivity contribution < 1.29 is 38.1 Å². The molecule has 1 spiro atoms. The van der Waals surface area contributed by atoms with Gasteiger partial charge in [-0.25, -0.2) is 0 Å². The van der Waals surface area contributed by atoms with Crippen LogP contribution in [0.2, 0.25) is 0 Å². The fourth-order valence-electron chi connectivity index (χ4n) is 3.47. The van der Waals surface area contributed by atoms with Crippen molar-refractivity contribution in [2.75, 3.05) is 13.2 Å². The first-order valence-corrected chi connectivity index (χ1v) is 8.93. The molecule has 0 aromatic heterocycles. The van der Waals surface area contributed by atoms with Gasteiger partial charge in [0.2, 0.25) is 0 Å². The van der Waals surface area contributed by atoms with Gasteiger partial charge in [0.15, 0.2) is 6.10 Å². The standard InChI is InChI=1S/C19H24O8/c1-10(2)5-16(22)27-18-17-14(13(8-24-18)7-23-11(3)20)6-15(26-12(4)21)19(17)9-25-19/h6,8,10,15,17-18H,5,7,9H2,1-4H3. The number of fused-ring (bicyclic) bond motifs is 2. The number of carbonyl (C=O) groups is 3. The Labute approximate surface area is 157 Å². The second-order valence-electron chi connectivity index (χ2n) is 7.39. The SMILES string of the molecule is CC(=O)OCC1=COC(OC(=O)CC(C)C)C2C1=CC(OC(C)=O)C21CO1. The molecule has 2 aliphatic heterocycles. The van der Waals surface area contributed by atoms with Crippen LogP contribution in [-0.4, -0.2) is 49.1 Å². The van der Waals surface area contributed by atoms with Gasteiger partial charge in [0.05, 0.1) is 18.8 Å². The topological polar surface area (TPSA) is 101 Å². The van der Waals surface area contributed by atoms with Gasteiger partial charge >= 0.3 is 17.9 Å². The molecular weight excluding hydrogens is 356 g/mol. The molecule has 1 fully saturated rings. The van der Waals surface area contributed by atoms with Crippen LogP contribution < -0.4 is 0 Å². The monoisotopic (exact) mass is 380 g/mol. The smallest absolute Gasteiger partial charge is 0.309 e. The maximum absolute atomic E-state index is 12.2. The van der Waals surface area contributed by atoms with E-state index in [1.54, 1.807) is 6.08 Å². The predicted molar refractivity (Wildman–Crippen MR) is 90.9 cm³/mol. The zero-order chi connectivity index (χ0) is 19.8. The molecule has 0 saturated carbocycles. The van der Waals surface area contributed by atoms with Crippen molar-refractivity contribution in [1.29, 1.82) is 0 Å². The molecule has 27 heavy (non-hydrogen) atoms. The van der Waals surface area contributed by atoms with Gasteiger partial charge in [-0.15, -0.1) is 0 Å². The summed E-state index contributed by atoms with van der Waals surface area (Å²) in [6, 6.07) is 0. The maximum atomic E-state index is 12.2. The van der Waals surface area contributed by atoms with Crippen LogP contribution in [0.3, 0.4) is 0 Å². The van der Waals surface area contributed by atoms with Crippen LogP contribution in [0.1, 0.15) is 34.1 Å². The Morgan fingerprint density at radius 2 is 1.93 bits per heavy atom. The summed E-state index contributed by atoms with van der Waals surface area (Å²) in [5.74, 6) is -1.56. The van der Waals surface area contributed by atoms with E-state index in [-0.39, 0.29) is 24.9 Å². The Morgan fingerprint density at radius 1 is 1.22 bits per heavy atom. The normalized spacial score (nSPS) is 30.8. The van der Waals surface area contributed by atoms with E-state index in [0.29, 0.717) is 12.2 Å². The van der Waals surface area contributed by atoms with Gasteiger partial charge in [-0.2, -0.15) is 0 Å². The number of esters is 3. The predicted octanol–water partition coefficient (Wildman–Crippen LogP) is 1.64. The molecule has 0 aromatic carbocycles. The van der Waals surface area contributed by atoms with Crippen LogP contribution >= 0.6 is 0 Å². The van der Waals surface area contributed by atoms with Crippen molar-refractivity contribution in [2.45, 2.75) is 52.1 Å². The van der Waals surface area contributed by atoms with E-state index < -0.39 is 35.9 Å². The van der Waals surface area contributed by atoms with Crippen molar-refractivity contribution in [1.82, 2.24) is 0 Å². The third kappa shape index (κ3) is 4.00. The Hall–Kier alpha value is -2.35. The lowest BCUT2D eigenvalue weighted by atomic mass is 9.85. The van der Waals surface area contributed by atoms with E-state index in [2.05, 4.69) is 0 Å². The number of epoxide rings is 1. The molecule has 1 aliphatic carbocycles. The lowest BCUT2D eigenvalue weighted by Crippen LogP contribution is -2.44. The van der Waals surface area contributed by atoms with E-state index in [4.69, 9.17) is 23.7 Å². The summed E-state index contributed by atoms with van der Waals surface area (Å²) in [6.07, 6.45) is 1.93. The summed E-state index contributed by atoms with van der Waals surface area (Å²) in [5.41, 5.74) is 0.545.